The van der Waals surface area contributed by atoms with Crippen molar-refractivity contribution in [2.45, 2.75) is 45.7 Å². The SMILES string of the molecule is CC(C)N(CC(C=O)c1ccc(-c2ccccc2)cc1)C(C)C. The Morgan fingerprint density at radius 1 is 0.826 bits per heavy atom. The number of rotatable bonds is 7. The van der Waals surface area contributed by atoms with Crippen LogP contribution in [0.5, 0.6) is 0 Å². The quantitative estimate of drug-likeness (QED) is 0.688. The van der Waals surface area contributed by atoms with Gasteiger partial charge in [-0.2, -0.15) is 0 Å². The Morgan fingerprint density at radius 3 is 1.83 bits per heavy atom. The first kappa shape index (κ1) is 17.4. The van der Waals surface area contributed by atoms with Crippen LogP contribution in [0.4, 0.5) is 0 Å². The smallest absolute Gasteiger partial charge is 0.128 e. The molecule has 0 heterocycles. The Kier molecular flexibility index (Phi) is 6.12. The highest BCUT2D eigenvalue weighted by Gasteiger charge is 2.20. The lowest BCUT2D eigenvalue weighted by Crippen LogP contribution is -2.40. The maximum Gasteiger partial charge on any atom is 0.128 e. The molecule has 122 valence electrons. The largest absolute Gasteiger partial charge is 0.303 e. The zero-order chi connectivity index (χ0) is 16.8. The van der Waals surface area contributed by atoms with E-state index in [1.54, 1.807) is 0 Å². The van der Waals surface area contributed by atoms with Gasteiger partial charge < -0.3 is 4.79 Å². The summed E-state index contributed by atoms with van der Waals surface area (Å²) < 4.78 is 0. The molecule has 1 atom stereocenters. The van der Waals surface area contributed by atoms with E-state index in [-0.39, 0.29) is 5.92 Å². The summed E-state index contributed by atoms with van der Waals surface area (Å²) >= 11 is 0. The molecule has 2 rings (SSSR count). The van der Waals surface area contributed by atoms with Crippen LogP contribution in [0.1, 0.15) is 39.2 Å². The van der Waals surface area contributed by atoms with Gasteiger partial charge in [0.1, 0.15) is 6.29 Å². The molecule has 0 aliphatic rings. The summed E-state index contributed by atoms with van der Waals surface area (Å²) in [6.45, 7) is 9.49. The van der Waals surface area contributed by atoms with Crippen molar-refractivity contribution in [1.29, 1.82) is 0 Å². The molecule has 0 radical (unpaired) electrons. The van der Waals surface area contributed by atoms with Gasteiger partial charge in [0.2, 0.25) is 0 Å². The number of hydrogen-bond donors (Lipinski definition) is 0. The van der Waals surface area contributed by atoms with Crippen molar-refractivity contribution < 1.29 is 4.79 Å². The van der Waals surface area contributed by atoms with Crippen molar-refractivity contribution >= 4 is 6.29 Å². The molecule has 0 saturated carbocycles. The summed E-state index contributed by atoms with van der Waals surface area (Å²) in [5, 5.41) is 0. The van der Waals surface area contributed by atoms with E-state index in [1.807, 2.05) is 18.2 Å². The Balaban J connectivity index is 2.17. The Hall–Kier alpha value is -1.93. The van der Waals surface area contributed by atoms with E-state index >= 15 is 0 Å². The minimum absolute atomic E-state index is 0.0791. The Morgan fingerprint density at radius 2 is 1.35 bits per heavy atom. The Labute approximate surface area is 140 Å². The first-order chi connectivity index (χ1) is 11.0. The molecule has 0 amide bonds. The van der Waals surface area contributed by atoms with E-state index in [0.29, 0.717) is 12.1 Å². The van der Waals surface area contributed by atoms with Crippen LogP contribution in [0.25, 0.3) is 11.1 Å². The predicted octanol–water partition coefficient (Wildman–Crippen LogP) is 4.75. The van der Waals surface area contributed by atoms with Crippen molar-refractivity contribution in [2.24, 2.45) is 0 Å². The van der Waals surface area contributed by atoms with Crippen LogP contribution in [-0.4, -0.2) is 29.8 Å². The van der Waals surface area contributed by atoms with Gasteiger partial charge in [0.05, 0.1) is 5.92 Å². The fourth-order valence-electron chi connectivity index (χ4n) is 3.03. The molecule has 0 aliphatic carbocycles. The average molecular weight is 309 g/mol. The third-order valence-corrected chi connectivity index (χ3v) is 4.34. The minimum atomic E-state index is -0.0791. The summed E-state index contributed by atoms with van der Waals surface area (Å²) in [4.78, 5) is 14.0. The maximum atomic E-state index is 11.6. The van der Waals surface area contributed by atoms with Crippen LogP contribution in [0.3, 0.4) is 0 Å². The van der Waals surface area contributed by atoms with Crippen molar-refractivity contribution in [2.75, 3.05) is 6.54 Å². The van der Waals surface area contributed by atoms with Gasteiger partial charge in [0, 0.05) is 18.6 Å². The van der Waals surface area contributed by atoms with Crippen LogP contribution in [0.2, 0.25) is 0 Å². The van der Waals surface area contributed by atoms with E-state index in [1.165, 1.54) is 11.1 Å². The molecular weight excluding hydrogens is 282 g/mol. The first-order valence-electron chi connectivity index (χ1n) is 8.39. The monoisotopic (exact) mass is 309 g/mol. The molecule has 2 nitrogen and oxygen atoms in total. The fourth-order valence-corrected chi connectivity index (χ4v) is 3.03. The summed E-state index contributed by atoms with van der Waals surface area (Å²) in [6.07, 6.45) is 1.08. The van der Waals surface area contributed by atoms with E-state index in [4.69, 9.17) is 0 Å². The molecule has 0 aromatic heterocycles. The summed E-state index contributed by atoms with van der Waals surface area (Å²) in [7, 11) is 0. The van der Waals surface area contributed by atoms with Gasteiger partial charge >= 0.3 is 0 Å². The number of carbonyl (C=O) groups excluding carboxylic acids is 1. The zero-order valence-corrected chi connectivity index (χ0v) is 14.6. The topological polar surface area (TPSA) is 20.3 Å². The van der Waals surface area contributed by atoms with E-state index in [2.05, 4.69) is 69.0 Å². The van der Waals surface area contributed by atoms with Crippen molar-refractivity contribution in [3.63, 3.8) is 0 Å². The standard InChI is InChI=1S/C21H27NO/c1-16(2)22(17(3)4)14-21(15-23)20-12-10-19(11-13-20)18-8-6-5-7-9-18/h5-13,15-17,21H,14H2,1-4H3. The molecule has 2 aromatic rings. The second kappa shape index (κ2) is 8.07. The number of benzene rings is 2. The van der Waals surface area contributed by atoms with Crippen LogP contribution in [0.15, 0.2) is 54.6 Å². The van der Waals surface area contributed by atoms with Gasteiger partial charge in [-0.3, -0.25) is 4.90 Å². The van der Waals surface area contributed by atoms with Crippen LogP contribution >= 0.6 is 0 Å². The van der Waals surface area contributed by atoms with Gasteiger partial charge in [-0.05, 0) is 44.4 Å². The third-order valence-electron chi connectivity index (χ3n) is 4.34. The highest BCUT2D eigenvalue weighted by Crippen LogP contribution is 2.23. The van der Waals surface area contributed by atoms with Gasteiger partial charge in [-0.15, -0.1) is 0 Å². The molecule has 0 saturated heterocycles. The van der Waals surface area contributed by atoms with Crippen LogP contribution in [0, 0.1) is 0 Å². The number of nitrogens with zero attached hydrogens (tertiary/aromatic N) is 1. The molecule has 2 heteroatoms. The summed E-state index contributed by atoms with van der Waals surface area (Å²) in [6, 6.07) is 19.6. The second-order valence-corrected chi connectivity index (χ2v) is 6.61. The molecule has 0 spiro atoms. The molecule has 1 unspecified atom stereocenters. The highest BCUT2D eigenvalue weighted by molar-refractivity contribution is 5.67. The van der Waals surface area contributed by atoms with Gasteiger partial charge in [0.25, 0.3) is 0 Å². The number of hydrogen-bond acceptors (Lipinski definition) is 2. The van der Waals surface area contributed by atoms with Gasteiger partial charge in [-0.25, -0.2) is 0 Å². The number of aldehydes is 1. The van der Waals surface area contributed by atoms with Crippen molar-refractivity contribution in [3.05, 3.63) is 60.2 Å². The summed E-state index contributed by atoms with van der Waals surface area (Å²) in [5.74, 6) is -0.0791. The highest BCUT2D eigenvalue weighted by atomic mass is 16.1. The fraction of sp³-hybridized carbons (Fsp3) is 0.381. The van der Waals surface area contributed by atoms with E-state index in [9.17, 15) is 4.79 Å². The summed E-state index contributed by atoms with van der Waals surface area (Å²) in [5.41, 5.74) is 3.47. The molecule has 0 N–H and O–H groups in total. The minimum Gasteiger partial charge on any atom is -0.303 e. The predicted molar refractivity (Wildman–Crippen MR) is 97.7 cm³/mol. The van der Waals surface area contributed by atoms with Crippen molar-refractivity contribution in [3.8, 4) is 11.1 Å². The van der Waals surface area contributed by atoms with Crippen molar-refractivity contribution in [1.82, 2.24) is 4.90 Å². The van der Waals surface area contributed by atoms with Gasteiger partial charge in [0.15, 0.2) is 0 Å². The second-order valence-electron chi connectivity index (χ2n) is 6.61. The van der Waals surface area contributed by atoms with Crippen LogP contribution < -0.4 is 0 Å². The lowest BCUT2D eigenvalue weighted by Gasteiger charge is -2.32. The van der Waals surface area contributed by atoms with E-state index < -0.39 is 0 Å². The van der Waals surface area contributed by atoms with E-state index in [0.717, 1.165) is 18.4 Å². The zero-order valence-electron chi connectivity index (χ0n) is 14.6. The van der Waals surface area contributed by atoms with Gasteiger partial charge in [-0.1, -0.05) is 54.6 Å². The molecule has 0 aliphatic heterocycles. The lowest BCUT2D eigenvalue weighted by atomic mass is 9.96. The third kappa shape index (κ3) is 4.52. The normalized spacial score (nSPS) is 12.8. The molecule has 23 heavy (non-hydrogen) atoms. The van der Waals surface area contributed by atoms with Crippen LogP contribution in [-0.2, 0) is 4.79 Å². The maximum absolute atomic E-state index is 11.6. The Bertz CT molecular complexity index is 593. The average Bonchev–Trinajstić information content (AvgIpc) is 2.56. The molecule has 0 bridgehead atoms. The number of carbonyl (C=O) groups is 1. The molecular formula is C21H27NO. The molecule has 0 fully saturated rings. The first-order valence-corrected chi connectivity index (χ1v) is 8.39. The molecule has 2 aromatic carbocycles. The lowest BCUT2D eigenvalue weighted by molar-refractivity contribution is -0.109.